The summed E-state index contributed by atoms with van der Waals surface area (Å²) in [6.07, 6.45) is 0.0138. The summed E-state index contributed by atoms with van der Waals surface area (Å²) in [4.78, 5) is 17.6. The van der Waals surface area contributed by atoms with E-state index in [1.165, 1.54) is 0 Å². The van der Waals surface area contributed by atoms with E-state index in [4.69, 9.17) is 9.41 Å². The van der Waals surface area contributed by atoms with Gasteiger partial charge in [0.2, 0.25) is 12.1 Å². The van der Waals surface area contributed by atoms with E-state index >= 15 is 0 Å². The second-order valence-corrected chi connectivity index (χ2v) is 7.83. The van der Waals surface area contributed by atoms with Gasteiger partial charge in [-0.15, -0.1) is 5.10 Å². The molecule has 5 rings (SSSR count). The van der Waals surface area contributed by atoms with Gasteiger partial charge in [0.15, 0.2) is 0 Å². The molecule has 1 fully saturated rings. The Morgan fingerprint density at radius 3 is 2.70 bits per heavy atom. The van der Waals surface area contributed by atoms with Crippen molar-refractivity contribution in [2.24, 2.45) is 4.99 Å². The van der Waals surface area contributed by atoms with Gasteiger partial charge in [-0.25, -0.2) is 4.99 Å². The first kappa shape index (κ1) is 18.5. The molecular formula is C22H22N6O2. The van der Waals surface area contributed by atoms with Gasteiger partial charge >= 0.3 is 6.01 Å². The topological polar surface area (TPSA) is 104 Å². The fourth-order valence-electron chi connectivity index (χ4n) is 3.82. The number of benzene rings is 2. The summed E-state index contributed by atoms with van der Waals surface area (Å²) in [6.45, 7) is 3.78. The standard InChI is InChI=1S/C22H22N6O2/c1-22(11-12-23-13-22)20-27-28-21(30-20)26-18-19(29)24-16-10-6-5-9-15(16)17(25-18)14-7-3-2-4-8-14/h2-10,18,23H,11-13H2,1H3,(H,24,29)(H,26,28)/t18-,22?/m1/s1. The first-order valence-corrected chi connectivity index (χ1v) is 9.97. The number of fused-ring (bicyclic) bond motifs is 1. The summed E-state index contributed by atoms with van der Waals surface area (Å²) in [7, 11) is 0. The minimum absolute atomic E-state index is 0.181. The second kappa shape index (κ2) is 7.38. The fraction of sp³-hybridized carbons (Fsp3) is 0.273. The van der Waals surface area contributed by atoms with Crippen LogP contribution < -0.4 is 16.0 Å². The maximum Gasteiger partial charge on any atom is 0.317 e. The number of benzodiazepines with no additional fused rings is 1. The average molecular weight is 402 g/mol. The first-order valence-electron chi connectivity index (χ1n) is 9.97. The van der Waals surface area contributed by atoms with Crippen molar-refractivity contribution in [3.05, 3.63) is 71.6 Å². The molecule has 1 amide bonds. The van der Waals surface area contributed by atoms with Gasteiger partial charge in [-0.1, -0.05) is 53.6 Å². The molecule has 8 nitrogen and oxygen atoms in total. The summed E-state index contributed by atoms with van der Waals surface area (Å²) in [5.74, 6) is 0.265. The summed E-state index contributed by atoms with van der Waals surface area (Å²) in [5.41, 5.74) is 3.01. The van der Waals surface area contributed by atoms with Gasteiger partial charge in [-0.3, -0.25) is 4.79 Å². The van der Waals surface area contributed by atoms with Gasteiger partial charge in [0, 0.05) is 17.7 Å². The number of aliphatic imine (C=N–C) groups is 1. The van der Waals surface area contributed by atoms with Crippen molar-refractivity contribution < 1.29 is 9.21 Å². The van der Waals surface area contributed by atoms with Gasteiger partial charge in [0.1, 0.15) is 0 Å². The van der Waals surface area contributed by atoms with Crippen molar-refractivity contribution in [2.45, 2.75) is 24.9 Å². The van der Waals surface area contributed by atoms with Gasteiger partial charge in [-0.05, 0) is 26.0 Å². The Kier molecular flexibility index (Phi) is 4.55. The molecule has 152 valence electrons. The summed E-state index contributed by atoms with van der Waals surface area (Å²) < 4.78 is 5.86. The minimum Gasteiger partial charge on any atom is -0.407 e. The number of carbonyl (C=O) groups is 1. The predicted octanol–water partition coefficient (Wildman–Crippen LogP) is 2.55. The van der Waals surface area contributed by atoms with E-state index in [9.17, 15) is 4.79 Å². The zero-order valence-corrected chi connectivity index (χ0v) is 16.6. The molecule has 30 heavy (non-hydrogen) atoms. The molecule has 8 heteroatoms. The van der Waals surface area contributed by atoms with Crippen LogP contribution in [0.2, 0.25) is 0 Å². The van der Waals surface area contributed by atoms with Crippen LogP contribution in [0.15, 0.2) is 64.0 Å². The third kappa shape index (κ3) is 3.35. The molecule has 0 spiro atoms. The number of rotatable bonds is 4. The smallest absolute Gasteiger partial charge is 0.317 e. The van der Waals surface area contributed by atoms with E-state index in [0.717, 1.165) is 30.6 Å². The molecule has 1 saturated heterocycles. The third-order valence-corrected chi connectivity index (χ3v) is 5.56. The Balaban J connectivity index is 1.49. The predicted molar refractivity (Wildman–Crippen MR) is 114 cm³/mol. The number of hydrogen-bond donors (Lipinski definition) is 3. The van der Waals surface area contributed by atoms with Gasteiger partial charge in [-0.2, -0.15) is 0 Å². The number of anilines is 2. The Morgan fingerprint density at radius 2 is 1.90 bits per heavy atom. The van der Waals surface area contributed by atoms with E-state index in [2.05, 4.69) is 33.1 Å². The molecule has 2 aromatic carbocycles. The molecule has 3 aromatic rings. The molecule has 1 unspecified atom stereocenters. The van der Waals surface area contributed by atoms with E-state index < -0.39 is 6.17 Å². The second-order valence-electron chi connectivity index (χ2n) is 7.83. The van der Waals surface area contributed by atoms with Crippen molar-refractivity contribution in [3.63, 3.8) is 0 Å². The number of nitrogens with one attached hydrogen (secondary N) is 3. The highest BCUT2D eigenvalue weighted by Crippen LogP contribution is 2.30. The Hall–Kier alpha value is -3.52. The molecule has 0 bridgehead atoms. The minimum atomic E-state index is -0.907. The highest BCUT2D eigenvalue weighted by Gasteiger charge is 2.36. The summed E-state index contributed by atoms with van der Waals surface area (Å²) in [6, 6.07) is 17.6. The van der Waals surface area contributed by atoms with Crippen LogP contribution in [-0.4, -0.2) is 41.1 Å². The molecular weight excluding hydrogens is 380 g/mol. The molecule has 2 atom stereocenters. The van der Waals surface area contributed by atoms with Crippen LogP contribution in [0.4, 0.5) is 11.7 Å². The summed E-state index contributed by atoms with van der Waals surface area (Å²) >= 11 is 0. The lowest BCUT2D eigenvalue weighted by Crippen LogP contribution is -2.32. The normalized spacial score (nSPS) is 23.3. The SMILES string of the molecule is CC1(c2nnc(N[C@H]3N=C(c4ccccc4)c4ccccc4NC3=O)o2)CCNC1. The number of hydrogen-bond acceptors (Lipinski definition) is 7. The number of para-hydroxylation sites is 1. The van der Waals surface area contributed by atoms with Crippen LogP contribution in [0, 0.1) is 0 Å². The highest BCUT2D eigenvalue weighted by molar-refractivity contribution is 6.19. The summed E-state index contributed by atoms with van der Waals surface area (Å²) in [5, 5.41) is 17.6. The fourth-order valence-corrected chi connectivity index (χ4v) is 3.82. The monoisotopic (exact) mass is 402 g/mol. The molecule has 0 saturated carbocycles. The van der Waals surface area contributed by atoms with E-state index in [0.29, 0.717) is 17.3 Å². The van der Waals surface area contributed by atoms with E-state index in [1.54, 1.807) is 0 Å². The van der Waals surface area contributed by atoms with Crippen LogP contribution in [-0.2, 0) is 10.2 Å². The molecule has 2 aliphatic rings. The van der Waals surface area contributed by atoms with Crippen LogP contribution >= 0.6 is 0 Å². The highest BCUT2D eigenvalue weighted by atomic mass is 16.4. The van der Waals surface area contributed by atoms with Crippen LogP contribution in [0.25, 0.3) is 0 Å². The molecule has 3 heterocycles. The van der Waals surface area contributed by atoms with Crippen molar-refractivity contribution in [3.8, 4) is 0 Å². The molecule has 0 aliphatic carbocycles. The number of aromatic nitrogens is 2. The number of carbonyl (C=O) groups excluding carboxylic acids is 1. The first-order chi connectivity index (χ1) is 14.6. The molecule has 1 aromatic heterocycles. The quantitative estimate of drug-likeness (QED) is 0.620. The maximum absolute atomic E-state index is 12.9. The van der Waals surface area contributed by atoms with Gasteiger partial charge in [0.05, 0.1) is 16.8 Å². The average Bonchev–Trinajstić information content (AvgIpc) is 3.39. The van der Waals surface area contributed by atoms with Crippen molar-refractivity contribution in [1.82, 2.24) is 15.5 Å². The van der Waals surface area contributed by atoms with Crippen LogP contribution in [0.1, 0.15) is 30.4 Å². The van der Waals surface area contributed by atoms with Gasteiger partial charge < -0.3 is 20.4 Å². The number of nitrogens with zero attached hydrogens (tertiary/aromatic N) is 3. The van der Waals surface area contributed by atoms with Crippen molar-refractivity contribution in [1.29, 1.82) is 0 Å². The maximum atomic E-state index is 12.9. The lowest BCUT2D eigenvalue weighted by atomic mass is 9.90. The Bertz CT molecular complexity index is 1100. The number of amides is 1. The Labute approximate surface area is 173 Å². The Morgan fingerprint density at radius 1 is 1.10 bits per heavy atom. The van der Waals surface area contributed by atoms with Crippen LogP contribution in [0.3, 0.4) is 0 Å². The van der Waals surface area contributed by atoms with Gasteiger partial charge in [0.25, 0.3) is 5.91 Å². The van der Waals surface area contributed by atoms with E-state index in [-0.39, 0.29) is 17.3 Å². The van der Waals surface area contributed by atoms with E-state index in [1.807, 2.05) is 54.6 Å². The van der Waals surface area contributed by atoms with Crippen molar-refractivity contribution >= 4 is 23.3 Å². The molecule has 3 N–H and O–H groups in total. The lowest BCUT2D eigenvalue weighted by molar-refractivity contribution is -0.116. The lowest BCUT2D eigenvalue weighted by Gasteiger charge is -2.16. The van der Waals surface area contributed by atoms with Crippen molar-refractivity contribution in [2.75, 3.05) is 23.7 Å². The third-order valence-electron chi connectivity index (χ3n) is 5.56. The van der Waals surface area contributed by atoms with Crippen LogP contribution in [0.5, 0.6) is 0 Å². The molecule has 0 radical (unpaired) electrons. The zero-order valence-electron chi connectivity index (χ0n) is 16.6. The largest absolute Gasteiger partial charge is 0.407 e. The zero-order chi connectivity index (χ0) is 20.6. The molecule has 2 aliphatic heterocycles.